The van der Waals surface area contributed by atoms with E-state index in [1.54, 1.807) is 7.11 Å². The van der Waals surface area contributed by atoms with Crippen LogP contribution in [-0.2, 0) is 11.3 Å². The van der Waals surface area contributed by atoms with Gasteiger partial charge >= 0.3 is 0 Å². The lowest BCUT2D eigenvalue weighted by atomic mass is 10.1. The van der Waals surface area contributed by atoms with Gasteiger partial charge in [0, 0.05) is 43.6 Å². The van der Waals surface area contributed by atoms with Crippen molar-refractivity contribution in [1.29, 1.82) is 0 Å². The second-order valence-electron chi connectivity index (χ2n) is 6.54. The summed E-state index contributed by atoms with van der Waals surface area (Å²) in [5, 5.41) is 6.62. The van der Waals surface area contributed by atoms with Crippen molar-refractivity contribution < 1.29 is 9.47 Å². The zero-order chi connectivity index (χ0) is 18.1. The summed E-state index contributed by atoms with van der Waals surface area (Å²) >= 11 is 0. The lowest BCUT2D eigenvalue weighted by molar-refractivity contribution is 0.123. The molecule has 140 valence electrons. The molecule has 1 heterocycles. The molecule has 0 aromatic carbocycles. The fourth-order valence-electron chi connectivity index (χ4n) is 2.64. The molecule has 25 heavy (non-hydrogen) atoms. The van der Waals surface area contributed by atoms with Crippen LogP contribution in [0.1, 0.15) is 43.0 Å². The van der Waals surface area contributed by atoms with Crippen molar-refractivity contribution in [3.05, 3.63) is 23.0 Å². The highest BCUT2D eigenvalue weighted by molar-refractivity contribution is 5.79. The first-order valence-corrected chi connectivity index (χ1v) is 9.24. The second kappa shape index (κ2) is 10.2. The number of aryl methyl sites for hydroxylation is 1. The average molecular weight is 348 g/mol. The number of hydrogen-bond acceptors (Lipinski definition) is 4. The molecule has 0 aliphatic heterocycles. The van der Waals surface area contributed by atoms with Gasteiger partial charge in [0.25, 0.3) is 0 Å². The van der Waals surface area contributed by atoms with Gasteiger partial charge in [-0.2, -0.15) is 0 Å². The highest BCUT2D eigenvalue weighted by Gasteiger charge is 2.20. The summed E-state index contributed by atoms with van der Waals surface area (Å²) in [6.45, 7) is 10.0. The van der Waals surface area contributed by atoms with Crippen LogP contribution in [0.4, 0.5) is 0 Å². The Kier molecular flexibility index (Phi) is 7.98. The summed E-state index contributed by atoms with van der Waals surface area (Å²) in [5.41, 5.74) is 3.03. The third kappa shape index (κ3) is 6.53. The van der Waals surface area contributed by atoms with E-state index in [1.165, 1.54) is 12.8 Å². The normalized spacial score (nSPS) is 14.5. The Morgan fingerprint density at radius 3 is 2.80 bits per heavy atom. The molecular weight excluding hydrogens is 316 g/mol. The van der Waals surface area contributed by atoms with Crippen LogP contribution in [0.25, 0.3) is 0 Å². The number of nitrogens with one attached hydrogen (secondary N) is 2. The van der Waals surface area contributed by atoms with E-state index in [1.807, 2.05) is 20.0 Å². The molecule has 2 N–H and O–H groups in total. The Balaban J connectivity index is 1.81. The number of guanidine groups is 1. The minimum atomic E-state index is 0.524. The first-order valence-electron chi connectivity index (χ1n) is 9.24. The van der Waals surface area contributed by atoms with Crippen molar-refractivity contribution in [3.8, 4) is 5.75 Å². The predicted octanol–water partition coefficient (Wildman–Crippen LogP) is 2.58. The van der Waals surface area contributed by atoms with Crippen LogP contribution in [0.3, 0.4) is 0 Å². The zero-order valence-electron chi connectivity index (χ0n) is 16.0. The fourth-order valence-corrected chi connectivity index (χ4v) is 2.64. The highest BCUT2D eigenvalue weighted by Crippen LogP contribution is 2.28. The number of nitrogens with zero attached hydrogens (tertiary/aromatic N) is 2. The van der Waals surface area contributed by atoms with Gasteiger partial charge in [0.2, 0.25) is 0 Å². The number of aromatic nitrogens is 1. The summed E-state index contributed by atoms with van der Waals surface area (Å²) in [5.74, 6) is 2.53. The monoisotopic (exact) mass is 348 g/mol. The molecule has 1 aromatic heterocycles. The van der Waals surface area contributed by atoms with E-state index < -0.39 is 0 Å². The maximum Gasteiger partial charge on any atom is 0.191 e. The van der Waals surface area contributed by atoms with E-state index in [9.17, 15) is 0 Å². The molecular formula is C19H32N4O2. The topological polar surface area (TPSA) is 67.8 Å². The minimum Gasteiger partial charge on any atom is -0.496 e. The molecule has 1 aliphatic rings. The predicted molar refractivity (Wildman–Crippen MR) is 101 cm³/mol. The molecule has 0 unspecified atom stereocenters. The lowest BCUT2D eigenvalue weighted by Crippen LogP contribution is -2.38. The first-order chi connectivity index (χ1) is 12.2. The van der Waals surface area contributed by atoms with E-state index in [0.717, 1.165) is 67.2 Å². The van der Waals surface area contributed by atoms with Gasteiger partial charge in [-0.3, -0.25) is 4.98 Å². The molecule has 1 aromatic rings. The Hall–Kier alpha value is -1.82. The summed E-state index contributed by atoms with van der Waals surface area (Å²) in [6, 6.07) is 0. The van der Waals surface area contributed by atoms with E-state index in [4.69, 9.17) is 9.47 Å². The lowest BCUT2D eigenvalue weighted by Gasteiger charge is -2.13. The van der Waals surface area contributed by atoms with Crippen LogP contribution in [0.2, 0.25) is 0 Å². The minimum absolute atomic E-state index is 0.524. The average Bonchev–Trinajstić information content (AvgIpc) is 3.41. The van der Waals surface area contributed by atoms with Gasteiger partial charge in [0.1, 0.15) is 5.75 Å². The van der Waals surface area contributed by atoms with Crippen LogP contribution >= 0.6 is 0 Å². The van der Waals surface area contributed by atoms with E-state index in [0.29, 0.717) is 6.54 Å². The number of ether oxygens (including phenoxy) is 2. The molecule has 0 atom stereocenters. The highest BCUT2D eigenvalue weighted by atomic mass is 16.5. The van der Waals surface area contributed by atoms with Crippen molar-refractivity contribution in [2.24, 2.45) is 10.9 Å². The fraction of sp³-hybridized carbons (Fsp3) is 0.684. The molecule has 2 rings (SSSR count). The molecule has 1 aliphatic carbocycles. The molecule has 6 nitrogen and oxygen atoms in total. The van der Waals surface area contributed by atoms with E-state index in [-0.39, 0.29) is 0 Å². The standard InChI is InChI=1S/C19H32N4O2/c1-5-20-19(21-9-6-10-25-13-16-7-8-16)23-12-17-15(3)18(24-4)14(2)11-22-17/h11,16H,5-10,12-13H2,1-4H3,(H2,20,21,23). The Bertz CT molecular complexity index is 571. The summed E-state index contributed by atoms with van der Waals surface area (Å²) in [6.07, 6.45) is 5.50. The second-order valence-corrected chi connectivity index (χ2v) is 6.54. The Labute approximate surface area is 151 Å². The third-order valence-electron chi connectivity index (χ3n) is 4.29. The van der Waals surface area contributed by atoms with Crippen molar-refractivity contribution in [3.63, 3.8) is 0 Å². The number of aliphatic imine (C=N–C) groups is 1. The van der Waals surface area contributed by atoms with Gasteiger partial charge in [0.05, 0.1) is 19.3 Å². The molecule has 6 heteroatoms. The maximum atomic E-state index is 5.66. The van der Waals surface area contributed by atoms with Crippen molar-refractivity contribution >= 4 is 5.96 Å². The van der Waals surface area contributed by atoms with Crippen molar-refractivity contribution in [2.75, 3.05) is 33.4 Å². The molecule has 0 bridgehead atoms. The van der Waals surface area contributed by atoms with Crippen LogP contribution in [-0.4, -0.2) is 44.4 Å². The largest absolute Gasteiger partial charge is 0.496 e. The van der Waals surface area contributed by atoms with Crippen LogP contribution in [0.5, 0.6) is 5.75 Å². The summed E-state index contributed by atoms with van der Waals surface area (Å²) < 4.78 is 11.1. The molecule has 1 fully saturated rings. The zero-order valence-corrected chi connectivity index (χ0v) is 16.0. The molecule has 1 saturated carbocycles. The van der Waals surface area contributed by atoms with Crippen molar-refractivity contribution in [2.45, 2.75) is 46.6 Å². The van der Waals surface area contributed by atoms with Gasteiger partial charge in [-0.1, -0.05) is 0 Å². The van der Waals surface area contributed by atoms with Gasteiger partial charge in [-0.15, -0.1) is 0 Å². The summed E-state index contributed by atoms with van der Waals surface area (Å²) in [4.78, 5) is 9.14. The number of pyridine rings is 1. The number of rotatable bonds is 10. The smallest absolute Gasteiger partial charge is 0.191 e. The maximum absolute atomic E-state index is 5.66. The molecule has 0 spiro atoms. The Morgan fingerprint density at radius 2 is 2.12 bits per heavy atom. The SMILES string of the molecule is CCNC(=NCc1ncc(C)c(OC)c1C)NCCCOCC1CC1. The first kappa shape index (κ1) is 19.5. The van der Waals surface area contributed by atoms with Crippen molar-refractivity contribution in [1.82, 2.24) is 15.6 Å². The van der Waals surface area contributed by atoms with E-state index in [2.05, 4.69) is 27.5 Å². The number of methoxy groups -OCH3 is 1. The van der Waals surface area contributed by atoms with Gasteiger partial charge in [0.15, 0.2) is 5.96 Å². The van der Waals surface area contributed by atoms with E-state index >= 15 is 0 Å². The van der Waals surface area contributed by atoms with Gasteiger partial charge < -0.3 is 20.1 Å². The Morgan fingerprint density at radius 1 is 1.32 bits per heavy atom. The van der Waals surface area contributed by atoms with Gasteiger partial charge in [-0.05, 0) is 46.0 Å². The molecule has 0 radical (unpaired) electrons. The quantitative estimate of drug-likeness (QED) is 0.386. The number of hydrogen-bond donors (Lipinski definition) is 2. The molecule has 0 amide bonds. The van der Waals surface area contributed by atoms with Crippen LogP contribution in [0, 0.1) is 19.8 Å². The van der Waals surface area contributed by atoms with Crippen LogP contribution < -0.4 is 15.4 Å². The van der Waals surface area contributed by atoms with Gasteiger partial charge in [-0.25, -0.2) is 4.99 Å². The van der Waals surface area contributed by atoms with Crippen LogP contribution in [0.15, 0.2) is 11.2 Å². The third-order valence-corrected chi connectivity index (χ3v) is 4.29. The molecule has 0 saturated heterocycles. The summed E-state index contributed by atoms with van der Waals surface area (Å²) in [7, 11) is 1.69.